The number of nitrogens with zero attached hydrogens (tertiary/aromatic N) is 3. The van der Waals surface area contributed by atoms with E-state index in [-0.39, 0.29) is 66.9 Å². The molecular formula is C46H68N4O7S. The summed E-state index contributed by atoms with van der Waals surface area (Å²) >= 11 is 1.28. The molecule has 1 fully saturated rings. The molecule has 0 bridgehead atoms. The minimum Gasteiger partial charge on any atom is -0.481 e. The number of likely N-dealkylation sites (N-methyl/N-ethyl adjacent to an activating group) is 1. The molecule has 2 aromatic rings. The zero-order chi connectivity index (χ0) is 43.2. The average Bonchev–Trinajstić information content (AvgIpc) is 3.67. The normalized spacial score (nSPS) is 17.4. The molecule has 1 saturated heterocycles. The minimum absolute atomic E-state index is 0.0599. The number of hydrogen-bond acceptors (Lipinski definition) is 9. The first kappa shape index (κ1) is 48.4. The number of aromatic nitrogens is 1. The van der Waals surface area contributed by atoms with Crippen LogP contribution >= 0.6 is 11.3 Å². The van der Waals surface area contributed by atoms with E-state index in [2.05, 4.69) is 16.1 Å². The molecule has 2 N–H and O–H groups in total. The van der Waals surface area contributed by atoms with Crippen LogP contribution in [-0.4, -0.2) is 87.7 Å². The van der Waals surface area contributed by atoms with Crippen LogP contribution in [-0.2, 0) is 30.4 Å². The zero-order valence-electron chi connectivity index (χ0n) is 36.3. The van der Waals surface area contributed by atoms with Crippen molar-refractivity contribution in [2.45, 2.75) is 150 Å². The second-order valence-electron chi connectivity index (χ2n) is 17.4. The van der Waals surface area contributed by atoms with E-state index in [1.54, 1.807) is 19.2 Å². The summed E-state index contributed by atoms with van der Waals surface area (Å²) in [7, 11) is 1.98. The number of carbonyl (C=O) groups excluding carboxylic acids is 4. The monoisotopic (exact) mass is 820 g/mol. The predicted octanol–water partition coefficient (Wildman–Crippen LogP) is 8.05. The number of Topliss-reactive ketones (excluding diaryl/α,β-unsaturated/α-hetero) is 2. The number of aryl methyl sites for hydroxylation is 1. The molecule has 320 valence electrons. The van der Waals surface area contributed by atoms with Gasteiger partial charge in [0.1, 0.15) is 11.5 Å². The van der Waals surface area contributed by atoms with Gasteiger partial charge in [-0.25, -0.2) is 10.0 Å². The first-order valence-corrected chi connectivity index (χ1v) is 21.9. The van der Waals surface area contributed by atoms with Gasteiger partial charge in [0.15, 0.2) is 5.78 Å². The fraction of sp³-hybridized carbons (Fsp3) is 0.652. The molecular weight excluding hydrogens is 753 g/mol. The molecule has 3 rings (SSSR count). The minimum atomic E-state index is -1.09. The van der Waals surface area contributed by atoms with Gasteiger partial charge in [-0.1, -0.05) is 70.4 Å². The van der Waals surface area contributed by atoms with E-state index >= 15 is 0 Å². The number of hydrogen-bond donors (Lipinski definition) is 2. The highest BCUT2D eigenvalue weighted by molar-refractivity contribution is 7.10. The van der Waals surface area contributed by atoms with E-state index < -0.39 is 41.2 Å². The number of carboxylic acid groups (broad SMARTS) is 1. The van der Waals surface area contributed by atoms with Gasteiger partial charge in [0, 0.05) is 42.5 Å². The summed E-state index contributed by atoms with van der Waals surface area (Å²) in [6, 6.07) is 6.75. The molecule has 0 radical (unpaired) electrons. The molecule has 0 saturated carbocycles. The van der Waals surface area contributed by atoms with Crippen LogP contribution in [0, 0.1) is 42.4 Å². The quantitative estimate of drug-likeness (QED) is 0.0610. The van der Waals surface area contributed by atoms with Crippen molar-refractivity contribution in [2.75, 3.05) is 20.2 Å². The summed E-state index contributed by atoms with van der Waals surface area (Å²) in [6.45, 7) is 15.9. The van der Waals surface area contributed by atoms with Crippen LogP contribution in [0.1, 0.15) is 145 Å². The number of rotatable bonds is 24. The Hall–Kier alpha value is -3.92. The number of amides is 2. The molecule has 1 aromatic carbocycles. The van der Waals surface area contributed by atoms with Crippen molar-refractivity contribution >= 4 is 40.7 Å². The van der Waals surface area contributed by atoms with E-state index in [0.717, 1.165) is 36.9 Å². The molecule has 11 nitrogen and oxygen atoms in total. The highest BCUT2D eigenvalue weighted by Crippen LogP contribution is 2.35. The summed E-state index contributed by atoms with van der Waals surface area (Å²) in [4.78, 5) is 80.5. The van der Waals surface area contributed by atoms with Crippen molar-refractivity contribution in [3.63, 3.8) is 0 Å². The fourth-order valence-corrected chi connectivity index (χ4v) is 8.66. The molecule has 0 unspecified atom stereocenters. The van der Waals surface area contributed by atoms with E-state index in [9.17, 15) is 29.1 Å². The largest absolute Gasteiger partial charge is 0.481 e. The molecule has 0 aliphatic carbocycles. The highest BCUT2D eigenvalue weighted by atomic mass is 32.1. The van der Waals surface area contributed by atoms with E-state index in [0.29, 0.717) is 37.1 Å². The van der Waals surface area contributed by atoms with E-state index in [1.165, 1.54) is 23.3 Å². The first-order chi connectivity index (χ1) is 27.4. The number of carbonyl (C=O) groups is 5. The number of ketones is 2. The van der Waals surface area contributed by atoms with Crippen LogP contribution < -0.4 is 5.32 Å². The van der Waals surface area contributed by atoms with Crippen molar-refractivity contribution in [1.29, 1.82) is 0 Å². The number of thiazole rings is 1. The Bertz CT molecular complexity index is 1710. The van der Waals surface area contributed by atoms with Gasteiger partial charge >= 0.3 is 5.97 Å². The first-order valence-electron chi connectivity index (χ1n) is 21.0. The van der Waals surface area contributed by atoms with E-state index in [4.69, 9.17) is 16.2 Å². The number of aliphatic carboxylic acids is 1. The van der Waals surface area contributed by atoms with Crippen molar-refractivity contribution in [2.24, 2.45) is 23.2 Å². The fourth-order valence-electron chi connectivity index (χ4n) is 7.75. The number of likely N-dealkylation sites (tertiary alicyclic amines) is 1. The Morgan fingerprint density at radius 1 is 1.12 bits per heavy atom. The van der Waals surface area contributed by atoms with Crippen molar-refractivity contribution in [3.8, 4) is 12.3 Å². The number of carboxylic acids is 1. The molecule has 58 heavy (non-hydrogen) atoms. The molecule has 1 aromatic heterocycles. The summed E-state index contributed by atoms with van der Waals surface area (Å²) in [5.41, 5.74) is 1.16. The third-order valence-corrected chi connectivity index (χ3v) is 12.6. The standard InChI is InChI=1S/C46H68N4O7S/c1-11-13-16-23-57-50(44(54)37(32(6)12-2)27-41(52)39-17-14-15-22-49(39)10)40(30(3)4)26-35(24-33(7)51)43-48-38(29-58-43)42(53)47-36(28-46(8,9)45(55)56)25-34-20-18-31(5)19-21-34/h1,18-21,29-30,32,35-37,39-40H,12-17,22-28H2,2-10H3,(H,47,53)(H,55,56)/t32-,35+,36-,37-,39+,40+/m0/s1. The summed E-state index contributed by atoms with van der Waals surface area (Å²) in [5.74, 6) is -0.203. The molecule has 1 aliphatic heterocycles. The maximum absolute atomic E-state index is 14.8. The lowest BCUT2D eigenvalue weighted by atomic mass is 9.82. The van der Waals surface area contributed by atoms with Crippen LogP contribution in [0.2, 0.25) is 0 Å². The number of terminal acetylenes is 1. The number of benzene rings is 1. The third kappa shape index (κ3) is 14.4. The van der Waals surface area contributed by atoms with Crippen LogP contribution in [0.15, 0.2) is 29.6 Å². The lowest BCUT2D eigenvalue weighted by Crippen LogP contribution is -2.49. The van der Waals surface area contributed by atoms with Gasteiger partial charge in [-0.15, -0.1) is 23.7 Å². The second-order valence-corrected chi connectivity index (χ2v) is 18.3. The maximum Gasteiger partial charge on any atom is 0.309 e. The topological polar surface area (TPSA) is 146 Å². The Labute approximate surface area is 351 Å². The van der Waals surface area contributed by atoms with Crippen LogP contribution in [0.3, 0.4) is 0 Å². The molecule has 2 heterocycles. The second kappa shape index (κ2) is 23.0. The third-order valence-electron chi connectivity index (χ3n) is 11.6. The Kier molecular flexibility index (Phi) is 19.2. The van der Waals surface area contributed by atoms with E-state index in [1.807, 2.05) is 65.9 Å². The average molecular weight is 821 g/mol. The van der Waals surface area contributed by atoms with Gasteiger partial charge < -0.3 is 15.2 Å². The van der Waals surface area contributed by atoms with Gasteiger partial charge in [-0.05, 0) is 97.2 Å². The van der Waals surface area contributed by atoms with Gasteiger partial charge in [0.25, 0.3) is 5.91 Å². The predicted molar refractivity (Wildman–Crippen MR) is 229 cm³/mol. The van der Waals surface area contributed by atoms with Crippen molar-refractivity contribution in [3.05, 3.63) is 51.5 Å². The van der Waals surface area contributed by atoms with Gasteiger partial charge in [-0.2, -0.15) is 0 Å². The van der Waals surface area contributed by atoms with Crippen LogP contribution in [0.5, 0.6) is 0 Å². The summed E-state index contributed by atoms with van der Waals surface area (Å²) < 4.78 is 0. The lowest BCUT2D eigenvalue weighted by Gasteiger charge is -2.38. The zero-order valence-corrected chi connectivity index (χ0v) is 37.2. The van der Waals surface area contributed by atoms with Crippen LogP contribution in [0.25, 0.3) is 0 Å². The molecule has 12 heteroatoms. The molecule has 2 amide bonds. The number of hydroxylamine groups is 2. The summed E-state index contributed by atoms with van der Waals surface area (Å²) in [6.07, 6.45) is 11.3. The molecule has 6 atom stereocenters. The van der Waals surface area contributed by atoms with Crippen molar-refractivity contribution in [1.82, 2.24) is 20.3 Å². The maximum atomic E-state index is 14.8. The molecule has 1 aliphatic rings. The number of nitrogens with one attached hydrogen (secondary N) is 1. The number of unbranched alkanes of at least 4 members (excludes halogenated alkanes) is 1. The Morgan fingerprint density at radius 2 is 1.81 bits per heavy atom. The van der Waals surface area contributed by atoms with Gasteiger partial charge in [0.05, 0.1) is 29.1 Å². The smallest absolute Gasteiger partial charge is 0.309 e. The van der Waals surface area contributed by atoms with Gasteiger partial charge in [0.2, 0.25) is 5.91 Å². The van der Waals surface area contributed by atoms with Crippen LogP contribution in [0.4, 0.5) is 0 Å². The SMILES string of the molecule is C#CCCCON(C(=O)[C@@H](CC(=O)[C@H]1CCCCN1C)[C@@H](C)CC)[C@H](C[C@@H](CC(C)=O)c1nc(C(=O)N[C@@H](Cc2ccc(C)cc2)CC(C)(C)C(=O)O)cs1)C(C)C. The number of piperidine rings is 1. The van der Waals surface area contributed by atoms with Gasteiger partial charge in [-0.3, -0.25) is 28.9 Å². The Balaban J connectivity index is 1.94. The van der Waals surface area contributed by atoms with Crippen molar-refractivity contribution < 1.29 is 33.9 Å². The molecule has 0 spiro atoms. The highest BCUT2D eigenvalue weighted by Gasteiger charge is 2.40. The lowest BCUT2D eigenvalue weighted by molar-refractivity contribution is -0.213. The Morgan fingerprint density at radius 3 is 2.40 bits per heavy atom. The summed E-state index contributed by atoms with van der Waals surface area (Å²) in [5, 5.41) is 16.7.